The molecule has 0 amide bonds. The first-order chi connectivity index (χ1) is 22.2. The van der Waals surface area contributed by atoms with Gasteiger partial charge in [0, 0.05) is 50.0 Å². The Morgan fingerprint density at radius 3 is 1.78 bits per heavy atom. The Bertz CT molecular complexity index is 2470. The molecule has 0 aliphatic rings. The zero-order valence-corrected chi connectivity index (χ0v) is 24.5. The number of nitrogens with zero attached hydrogens (tertiary/aromatic N) is 4. The monoisotopic (exact) mass is 578 g/mol. The Hall–Kier alpha value is -6.07. The SMILES string of the molecule is Cc1cc(-c2nc(-c3ccccc3)nc(-c3ccccc3)n2)c2c(c1)oc1cc3c(cc12)c1ccccc1n3-c1ccccc1. The Morgan fingerprint density at radius 2 is 1.09 bits per heavy atom. The molecule has 0 aliphatic heterocycles. The average Bonchev–Trinajstić information content (AvgIpc) is 3.62. The second-order valence-electron chi connectivity index (χ2n) is 11.4. The van der Waals surface area contributed by atoms with Crippen LogP contribution in [0.5, 0.6) is 0 Å². The lowest BCUT2D eigenvalue weighted by Crippen LogP contribution is -2.00. The average molecular weight is 579 g/mol. The fourth-order valence-electron chi connectivity index (χ4n) is 6.47. The number of aryl methyl sites for hydroxylation is 1. The predicted molar refractivity (Wildman–Crippen MR) is 182 cm³/mol. The first-order valence-electron chi connectivity index (χ1n) is 15.0. The van der Waals surface area contributed by atoms with Crippen molar-refractivity contribution in [1.82, 2.24) is 19.5 Å². The highest BCUT2D eigenvalue weighted by molar-refractivity contribution is 6.19. The molecule has 9 aromatic rings. The summed E-state index contributed by atoms with van der Waals surface area (Å²) in [6.07, 6.45) is 0. The summed E-state index contributed by atoms with van der Waals surface area (Å²) in [6.45, 7) is 2.08. The summed E-state index contributed by atoms with van der Waals surface area (Å²) in [5, 5.41) is 4.39. The fourth-order valence-corrected chi connectivity index (χ4v) is 6.47. The lowest BCUT2D eigenvalue weighted by Gasteiger charge is -2.10. The number of rotatable bonds is 4. The molecular formula is C40H26N4O. The van der Waals surface area contributed by atoms with Crippen molar-refractivity contribution in [2.75, 3.05) is 0 Å². The molecule has 212 valence electrons. The summed E-state index contributed by atoms with van der Waals surface area (Å²) in [7, 11) is 0. The van der Waals surface area contributed by atoms with Gasteiger partial charge in [-0.25, -0.2) is 15.0 Å². The van der Waals surface area contributed by atoms with Gasteiger partial charge >= 0.3 is 0 Å². The van der Waals surface area contributed by atoms with E-state index in [9.17, 15) is 0 Å². The van der Waals surface area contributed by atoms with Crippen LogP contribution in [0, 0.1) is 6.92 Å². The molecule has 5 heteroatoms. The van der Waals surface area contributed by atoms with Crippen LogP contribution >= 0.6 is 0 Å². The van der Waals surface area contributed by atoms with Gasteiger partial charge < -0.3 is 8.98 Å². The lowest BCUT2D eigenvalue weighted by molar-refractivity contribution is 0.669. The molecule has 0 fully saturated rings. The summed E-state index contributed by atoms with van der Waals surface area (Å²) in [5.74, 6) is 1.89. The number of fused-ring (bicyclic) bond motifs is 6. The molecule has 3 aromatic heterocycles. The molecule has 3 heterocycles. The van der Waals surface area contributed by atoms with Crippen LogP contribution < -0.4 is 0 Å². The van der Waals surface area contributed by atoms with E-state index in [-0.39, 0.29) is 0 Å². The maximum atomic E-state index is 6.64. The van der Waals surface area contributed by atoms with Crippen molar-refractivity contribution in [2.24, 2.45) is 0 Å². The van der Waals surface area contributed by atoms with Crippen LogP contribution in [0.1, 0.15) is 5.56 Å². The van der Waals surface area contributed by atoms with E-state index in [1.165, 1.54) is 10.8 Å². The molecule has 0 spiro atoms. The largest absolute Gasteiger partial charge is 0.456 e. The molecule has 0 atom stereocenters. The molecule has 0 N–H and O–H groups in total. The zero-order valence-electron chi connectivity index (χ0n) is 24.5. The van der Waals surface area contributed by atoms with Gasteiger partial charge in [-0.1, -0.05) is 97.1 Å². The molecule has 0 aliphatic carbocycles. The topological polar surface area (TPSA) is 56.7 Å². The third-order valence-corrected chi connectivity index (χ3v) is 8.46. The van der Waals surface area contributed by atoms with E-state index in [1.807, 2.05) is 66.7 Å². The molecule has 45 heavy (non-hydrogen) atoms. The molecule has 9 rings (SSSR count). The number of aromatic nitrogens is 4. The van der Waals surface area contributed by atoms with Crippen LogP contribution in [0.4, 0.5) is 0 Å². The summed E-state index contributed by atoms with van der Waals surface area (Å²) >= 11 is 0. The highest BCUT2D eigenvalue weighted by Gasteiger charge is 2.21. The Balaban J connectivity index is 1.36. The Labute approximate surface area is 259 Å². The summed E-state index contributed by atoms with van der Waals surface area (Å²) in [6, 6.07) is 47.9. The normalized spacial score (nSPS) is 11.7. The van der Waals surface area contributed by atoms with Gasteiger partial charge in [-0.05, 0) is 48.9 Å². The third-order valence-electron chi connectivity index (χ3n) is 8.46. The van der Waals surface area contributed by atoms with Crippen molar-refractivity contribution in [3.63, 3.8) is 0 Å². The van der Waals surface area contributed by atoms with Crippen LogP contribution in [0.15, 0.2) is 144 Å². The summed E-state index contributed by atoms with van der Waals surface area (Å²) in [4.78, 5) is 15.0. The van der Waals surface area contributed by atoms with E-state index >= 15 is 0 Å². The minimum absolute atomic E-state index is 0.617. The molecule has 0 unspecified atom stereocenters. The van der Waals surface area contributed by atoms with Gasteiger partial charge in [0.25, 0.3) is 0 Å². The lowest BCUT2D eigenvalue weighted by atomic mass is 10.0. The van der Waals surface area contributed by atoms with Crippen LogP contribution in [-0.2, 0) is 0 Å². The minimum Gasteiger partial charge on any atom is -0.456 e. The molecule has 0 radical (unpaired) electrons. The predicted octanol–water partition coefficient (Wildman–Crippen LogP) is 10.2. The fraction of sp³-hybridized carbons (Fsp3) is 0.0250. The van der Waals surface area contributed by atoms with Gasteiger partial charge in [0.1, 0.15) is 11.2 Å². The van der Waals surface area contributed by atoms with Crippen LogP contribution in [0.3, 0.4) is 0 Å². The number of benzene rings is 6. The smallest absolute Gasteiger partial charge is 0.164 e. The molecule has 0 bridgehead atoms. The van der Waals surface area contributed by atoms with E-state index in [1.54, 1.807) is 0 Å². The van der Waals surface area contributed by atoms with E-state index in [2.05, 4.69) is 84.3 Å². The molecule has 5 nitrogen and oxygen atoms in total. The number of hydrogen-bond acceptors (Lipinski definition) is 4. The minimum atomic E-state index is 0.617. The van der Waals surface area contributed by atoms with Crippen molar-refractivity contribution in [3.8, 4) is 39.9 Å². The standard InChI is InChI=1S/C40H26N4O/c1-25-21-32(40-42-38(26-13-5-2-6-14-26)41-39(43-40)27-15-7-3-8-16-27)37-31-23-30-29-19-11-12-20-33(29)44(28-17-9-4-10-18-28)34(30)24-35(31)45-36(37)22-25/h2-24H,1H3. The van der Waals surface area contributed by atoms with Gasteiger partial charge in [-0.3, -0.25) is 0 Å². The maximum absolute atomic E-state index is 6.64. The highest BCUT2D eigenvalue weighted by Crippen LogP contribution is 2.41. The first-order valence-corrected chi connectivity index (χ1v) is 15.0. The van der Waals surface area contributed by atoms with Crippen LogP contribution in [-0.4, -0.2) is 19.5 Å². The van der Waals surface area contributed by atoms with Crippen molar-refractivity contribution >= 4 is 43.7 Å². The Morgan fingerprint density at radius 1 is 0.489 bits per heavy atom. The van der Waals surface area contributed by atoms with Crippen LogP contribution in [0.25, 0.3) is 83.6 Å². The number of hydrogen-bond donors (Lipinski definition) is 0. The van der Waals surface area contributed by atoms with Gasteiger partial charge in [-0.2, -0.15) is 0 Å². The number of furan rings is 1. The molecule has 6 aromatic carbocycles. The van der Waals surface area contributed by atoms with Crippen molar-refractivity contribution in [1.29, 1.82) is 0 Å². The maximum Gasteiger partial charge on any atom is 0.164 e. The quantitative estimate of drug-likeness (QED) is 0.208. The number of para-hydroxylation sites is 2. The summed E-state index contributed by atoms with van der Waals surface area (Å²) in [5.41, 5.74) is 8.88. The molecule has 0 saturated heterocycles. The van der Waals surface area contributed by atoms with Crippen LogP contribution in [0.2, 0.25) is 0 Å². The molecule has 0 saturated carbocycles. The van der Waals surface area contributed by atoms with E-state index in [0.29, 0.717) is 17.5 Å². The van der Waals surface area contributed by atoms with Crippen molar-refractivity contribution in [2.45, 2.75) is 6.92 Å². The van der Waals surface area contributed by atoms with E-state index in [0.717, 1.165) is 60.9 Å². The van der Waals surface area contributed by atoms with Crippen molar-refractivity contribution in [3.05, 3.63) is 145 Å². The first kappa shape index (κ1) is 25.4. The zero-order chi connectivity index (χ0) is 29.9. The van der Waals surface area contributed by atoms with E-state index < -0.39 is 0 Å². The van der Waals surface area contributed by atoms with Gasteiger partial charge in [0.2, 0.25) is 0 Å². The second kappa shape index (κ2) is 10.00. The molecular weight excluding hydrogens is 552 g/mol. The highest BCUT2D eigenvalue weighted by atomic mass is 16.3. The van der Waals surface area contributed by atoms with Crippen molar-refractivity contribution < 1.29 is 4.42 Å². The Kier molecular flexibility index (Phi) is 5.65. The third kappa shape index (κ3) is 4.13. The van der Waals surface area contributed by atoms with Gasteiger partial charge in [-0.15, -0.1) is 0 Å². The second-order valence-corrected chi connectivity index (χ2v) is 11.4. The van der Waals surface area contributed by atoms with E-state index in [4.69, 9.17) is 19.4 Å². The van der Waals surface area contributed by atoms with Gasteiger partial charge in [0.15, 0.2) is 17.5 Å². The van der Waals surface area contributed by atoms with Gasteiger partial charge in [0.05, 0.1) is 11.0 Å². The summed E-state index contributed by atoms with van der Waals surface area (Å²) < 4.78 is 8.95.